The highest BCUT2D eigenvalue weighted by molar-refractivity contribution is 6.13. The molecule has 0 atom stereocenters. The molecule has 57 heavy (non-hydrogen) atoms. The minimum absolute atomic E-state index is 0.176. The Balaban J connectivity index is 0.00000354. The molecule has 0 spiro atoms. The first-order valence-electron chi connectivity index (χ1n) is 19.3. The topological polar surface area (TPSA) is 87.0 Å². The summed E-state index contributed by atoms with van der Waals surface area (Å²) < 4.78 is 0. The fraction of sp³-hybridized carbons (Fsp3) is 0.180. The van der Waals surface area contributed by atoms with Crippen LogP contribution in [-0.4, -0.2) is 41.6 Å². The summed E-state index contributed by atoms with van der Waals surface area (Å²) in [4.78, 5) is 32.2. The molecule has 0 aliphatic heterocycles. The zero-order valence-corrected chi connectivity index (χ0v) is 33.9. The lowest BCUT2D eigenvalue weighted by Crippen LogP contribution is -2.26. The quantitative estimate of drug-likeness (QED) is 0.0631. The van der Waals surface area contributed by atoms with E-state index in [1.54, 1.807) is 18.3 Å². The van der Waals surface area contributed by atoms with E-state index in [-0.39, 0.29) is 5.41 Å². The lowest BCUT2D eigenvalue weighted by atomic mass is 9.70. The zero-order valence-electron chi connectivity index (χ0n) is 33.9. The van der Waals surface area contributed by atoms with Crippen LogP contribution in [0.25, 0.3) is 5.70 Å². The van der Waals surface area contributed by atoms with Gasteiger partial charge >= 0.3 is 0 Å². The van der Waals surface area contributed by atoms with Gasteiger partial charge in [0.25, 0.3) is 0 Å². The molecule has 5 aromatic rings. The maximum absolute atomic E-state index is 4.94. The summed E-state index contributed by atoms with van der Waals surface area (Å²) in [5, 5.41) is 0. The van der Waals surface area contributed by atoms with Gasteiger partial charge in [0.1, 0.15) is 11.4 Å². The van der Waals surface area contributed by atoms with Gasteiger partial charge in [-0.15, -0.1) is 0 Å². The smallest absolute Gasteiger partial charge is 0.179 e. The van der Waals surface area contributed by atoms with Gasteiger partial charge in [-0.3, -0.25) is 15.0 Å². The van der Waals surface area contributed by atoms with Gasteiger partial charge in [0, 0.05) is 22.9 Å². The van der Waals surface area contributed by atoms with Gasteiger partial charge in [-0.05, 0) is 79.2 Å². The Hall–Kier alpha value is -6.73. The minimum atomic E-state index is -0.176. The van der Waals surface area contributed by atoms with Crippen molar-refractivity contribution >= 4 is 42.4 Å². The van der Waals surface area contributed by atoms with Crippen molar-refractivity contribution in [2.75, 3.05) is 0 Å². The van der Waals surface area contributed by atoms with Crippen LogP contribution in [0.15, 0.2) is 195 Å². The number of benzene rings is 4. The Morgan fingerprint density at radius 3 is 1.75 bits per heavy atom. The average Bonchev–Trinajstić information content (AvgIpc) is 3.28. The van der Waals surface area contributed by atoms with Crippen molar-refractivity contribution < 1.29 is 0 Å². The highest BCUT2D eigenvalue weighted by Crippen LogP contribution is 2.39. The largest absolute Gasteiger partial charge is 0.261 e. The van der Waals surface area contributed by atoms with Crippen molar-refractivity contribution in [2.45, 2.75) is 59.4 Å². The van der Waals surface area contributed by atoms with Gasteiger partial charge in [-0.25, -0.2) is 20.0 Å². The molecule has 1 heterocycles. The second-order valence-electron chi connectivity index (χ2n) is 12.8. The molecule has 0 aliphatic carbocycles. The van der Waals surface area contributed by atoms with Crippen LogP contribution in [0.2, 0.25) is 0 Å². The second-order valence-corrected chi connectivity index (χ2v) is 12.8. The molecule has 0 saturated heterocycles. The molecule has 0 unspecified atom stereocenters. The van der Waals surface area contributed by atoms with E-state index in [9.17, 15) is 0 Å². The number of aliphatic imine (C=N–C) groups is 6. The molecule has 0 radical (unpaired) electrons. The molecule has 0 aliphatic rings. The van der Waals surface area contributed by atoms with Crippen molar-refractivity contribution in [1.29, 1.82) is 0 Å². The minimum Gasteiger partial charge on any atom is -0.261 e. The summed E-state index contributed by atoms with van der Waals surface area (Å²) in [5.74, 6) is 1.41. The van der Waals surface area contributed by atoms with Gasteiger partial charge in [0.15, 0.2) is 17.5 Å². The fourth-order valence-corrected chi connectivity index (χ4v) is 6.40. The first-order chi connectivity index (χ1) is 27.8. The van der Waals surface area contributed by atoms with Crippen LogP contribution < -0.4 is 0 Å². The van der Waals surface area contributed by atoms with Gasteiger partial charge in [-0.2, -0.15) is 0 Å². The normalized spacial score (nSPS) is 12.6. The maximum atomic E-state index is 4.94. The number of amidine groups is 3. The summed E-state index contributed by atoms with van der Waals surface area (Å²) >= 11 is 0. The standard InChI is InChI=1S/C48H47N7.C2H6/c1-8-19-43(49-6)47(53-35(4)38-20-13-11-14-21-38)54-36(5)39-27-31-42(32-28-39)48(9-2,10-3)41-29-25-37(26-30-41)34-52-45(40-22-15-12-16-23-40)55-46(50-7)44-24-17-18-33-51-44;1-2/h8,11-33H,1,4,6-7,9-10,34H2,2-3,5H3;1-2H3/b43-19-,52-45?,53-47?,54-36?,55-46?;. The summed E-state index contributed by atoms with van der Waals surface area (Å²) in [7, 11) is 0. The molecule has 0 fully saturated rings. The first kappa shape index (κ1) is 43.0. The van der Waals surface area contributed by atoms with Crippen molar-refractivity contribution in [3.8, 4) is 0 Å². The lowest BCUT2D eigenvalue weighted by molar-refractivity contribution is 0.478. The Kier molecular flexibility index (Phi) is 16.6. The van der Waals surface area contributed by atoms with Gasteiger partial charge in [0.2, 0.25) is 0 Å². The fourth-order valence-electron chi connectivity index (χ4n) is 6.40. The van der Waals surface area contributed by atoms with Crippen LogP contribution >= 0.6 is 0 Å². The molecule has 0 bridgehead atoms. The molecular weight excluding hydrogens is 699 g/mol. The highest BCUT2D eigenvalue weighted by Gasteiger charge is 2.30. The predicted octanol–water partition coefficient (Wildman–Crippen LogP) is 12.0. The van der Waals surface area contributed by atoms with E-state index in [1.807, 2.05) is 99.6 Å². The number of hydrogen-bond acceptors (Lipinski definition) is 4. The Bertz CT molecular complexity index is 2240. The van der Waals surface area contributed by atoms with Crippen molar-refractivity contribution in [3.05, 3.63) is 204 Å². The van der Waals surface area contributed by atoms with Crippen LogP contribution in [0.4, 0.5) is 0 Å². The van der Waals surface area contributed by atoms with Crippen molar-refractivity contribution in [3.63, 3.8) is 0 Å². The molecule has 288 valence electrons. The van der Waals surface area contributed by atoms with E-state index < -0.39 is 0 Å². The average molecular weight is 752 g/mol. The number of aromatic nitrogens is 1. The molecule has 7 nitrogen and oxygen atoms in total. The second kappa shape index (κ2) is 22.0. The Labute approximate surface area is 339 Å². The summed E-state index contributed by atoms with van der Waals surface area (Å²) in [5.41, 5.74) is 8.70. The molecule has 0 amide bonds. The third kappa shape index (κ3) is 11.2. The third-order valence-electron chi connectivity index (χ3n) is 9.56. The molecule has 0 saturated carbocycles. The summed E-state index contributed by atoms with van der Waals surface area (Å²) in [6.45, 7) is 26.4. The number of hydrogen-bond donors (Lipinski definition) is 0. The van der Waals surface area contributed by atoms with Gasteiger partial charge < -0.3 is 0 Å². The van der Waals surface area contributed by atoms with E-state index in [2.05, 4.69) is 104 Å². The highest BCUT2D eigenvalue weighted by atomic mass is 15.0. The monoisotopic (exact) mass is 751 g/mol. The van der Waals surface area contributed by atoms with Crippen molar-refractivity contribution in [1.82, 2.24) is 4.98 Å². The van der Waals surface area contributed by atoms with Crippen LogP contribution in [0.1, 0.15) is 86.5 Å². The Morgan fingerprint density at radius 1 is 0.649 bits per heavy atom. The molecular formula is C50H53N7. The molecule has 4 aromatic carbocycles. The van der Waals surface area contributed by atoms with Gasteiger partial charge in [-0.1, -0.05) is 162 Å². The number of allylic oxidation sites excluding steroid dienone is 2. The number of nitrogens with zero attached hydrogens (tertiary/aromatic N) is 7. The predicted molar refractivity (Wildman–Crippen MR) is 246 cm³/mol. The SMILES string of the molecule is C=C/C=C(\N=C)C(=NC(=C)c1ccccc1)N=C(C)c1ccc(C(CC)(CC)c2ccc(CN=C(N=C(N=C)c3ccccn3)c3ccccc3)cc2)cc1.CC. The molecule has 7 heteroatoms. The van der Waals surface area contributed by atoms with E-state index in [1.165, 1.54) is 11.1 Å². The van der Waals surface area contributed by atoms with Crippen LogP contribution in [0.5, 0.6) is 0 Å². The zero-order chi connectivity index (χ0) is 41.0. The van der Waals surface area contributed by atoms with E-state index in [0.717, 1.165) is 40.8 Å². The van der Waals surface area contributed by atoms with Crippen LogP contribution in [0.3, 0.4) is 0 Å². The van der Waals surface area contributed by atoms with Crippen LogP contribution in [0, 0.1) is 0 Å². The molecule has 1 aromatic heterocycles. The molecule has 0 N–H and O–H groups in total. The summed E-state index contributed by atoms with van der Waals surface area (Å²) in [6, 6.07) is 42.8. The maximum Gasteiger partial charge on any atom is 0.179 e. The van der Waals surface area contributed by atoms with Crippen molar-refractivity contribution in [2.24, 2.45) is 30.0 Å². The Morgan fingerprint density at radius 2 is 1.23 bits per heavy atom. The van der Waals surface area contributed by atoms with Gasteiger partial charge in [0.05, 0.1) is 12.2 Å². The number of rotatable bonds is 14. The summed E-state index contributed by atoms with van der Waals surface area (Å²) in [6.07, 6.45) is 6.98. The third-order valence-corrected chi connectivity index (χ3v) is 9.56. The van der Waals surface area contributed by atoms with E-state index in [4.69, 9.17) is 20.0 Å². The molecule has 5 rings (SSSR count). The number of pyridine rings is 1. The van der Waals surface area contributed by atoms with E-state index in [0.29, 0.717) is 41.1 Å². The first-order valence-corrected chi connectivity index (χ1v) is 19.3. The lowest BCUT2D eigenvalue weighted by Gasteiger charge is -2.33. The van der Waals surface area contributed by atoms with E-state index >= 15 is 0 Å². The van der Waals surface area contributed by atoms with Crippen LogP contribution in [-0.2, 0) is 12.0 Å².